The smallest absolute Gasteiger partial charge is 0.254 e. The highest BCUT2D eigenvalue weighted by atomic mass is 16.1. The fraction of sp³-hybridized carbons (Fsp3) is 0.333. The molecule has 1 aliphatic heterocycles. The number of nitrogens with one attached hydrogen (secondary N) is 2. The number of benzene rings is 2. The highest BCUT2D eigenvalue weighted by Gasteiger charge is 2.46. The molecule has 0 atom stereocenters. The van der Waals surface area contributed by atoms with Crippen LogP contribution in [0.4, 0.5) is 5.69 Å². The molecule has 0 radical (unpaired) electrons. The number of anilines is 1. The first kappa shape index (κ1) is 17.0. The van der Waals surface area contributed by atoms with Crippen LogP contribution in [0.25, 0.3) is 0 Å². The zero-order chi connectivity index (χ0) is 17.9. The van der Waals surface area contributed by atoms with E-state index in [1.165, 1.54) is 5.56 Å². The van der Waals surface area contributed by atoms with E-state index in [0.717, 1.165) is 42.6 Å². The standard InChI is InChI=1S/C19H17N3O.C2H6/c20-12-13-4-6-15(7-5-13)19(9-10-19)22-18(23)16-3-1-2-14-8-11-21-17(14)16;1-2/h1-7,21H,8-11H2,(H,22,23);1-2H3. The Bertz CT molecular complexity index is 814. The maximum atomic E-state index is 12.8. The molecule has 128 valence electrons. The fourth-order valence-electron chi connectivity index (χ4n) is 3.29. The molecule has 0 spiro atoms. The summed E-state index contributed by atoms with van der Waals surface area (Å²) >= 11 is 0. The van der Waals surface area contributed by atoms with Crippen LogP contribution in [-0.4, -0.2) is 12.5 Å². The SMILES string of the molecule is CC.N#Cc1ccc(C2(NC(=O)c3cccc4c3NCC4)CC2)cc1. The second-order valence-corrected chi connectivity index (χ2v) is 6.24. The molecular weight excluding hydrogens is 310 g/mol. The van der Waals surface area contributed by atoms with Gasteiger partial charge in [0.15, 0.2) is 0 Å². The third-order valence-corrected chi connectivity index (χ3v) is 4.76. The minimum absolute atomic E-state index is 0.0295. The summed E-state index contributed by atoms with van der Waals surface area (Å²) in [5, 5.41) is 15.4. The van der Waals surface area contributed by atoms with E-state index in [-0.39, 0.29) is 11.4 Å². The van der Waals surface area contributed by atoms with Gasteiger partial charge in [-0.3, -0.25) is 4.79 Å². The maximum absolute atomic E-state index is 12.8. The molecule has 2 aliphatic rings. The van der Waals surface area contributed by atoms with Gasteiger partial charge in [0, 0.05) is 6.54 Å². The zero-order valence-electron chi connectivity index (χ0n) is 14.7. The van der Waals surface area contributed by atoms with Crippen molar-refractivity contribution < 1.29 is 4.79 Å². The van der Waals surface area contributed by atoms with E-state index < -0.39 is 0 Å². The van der Waals surface area contributed by atoms with Gasteiger partial charge in [0.1, 0.15) is 0 Å². The Balaban J connectivity index is 0.000000880. The van der Waals surface area contributed by atoms with Gasteiger partial charge >= 0.3 is 0 Å². The molecule has 1 amide bonds. The average Bonchev–Trinajstić information content (AvgIpc) is 3.28. The molecule has 2 aromatic carbocycles. The number of hydrogen-bond acceptors (Lipinski definition) is 3. The molecule has 0 aromatic heterocycles. The number of nitrogens with zero attached hydrogens (tertiary/aromatic N) is 1. The quantitative estimate of drug-likeness (QED) is 0.893. The molecular formula is C21H23N3O. The van der Waals surface area contributed by atoms with Gasteiger partial charge in [0.2, 0.25) is 0 Å². The van der Waals surface area contributed by atoms with Gasteiger partial charge in [-0.1, -0.05) is 38.1 Å². The van der Waals surface area contributed by atoms with E-state index in [9.17, 15) is 4.79 Å². The van der Waals surface area contributed by atoms with Crippen molar-refractivity contribution in [2.24, 2.45) is 0 Å². The van der Waals surface area contributed by atoms with Crippen LogP contribution in [0.5, 0.6) is 0 Å². The van der Waals surface area contributed by atoms with Crippen LogP contribution in [0.2, 0.25) is 0 Å². The summed E-state index contributed by atoms with van der Waals surface area (Å²) in [5.74, 6) is -0.0295. The van der Waals surface area contributed by atoms with Crippen LogP contribution in [0.3, 0.4) is 0 Å². The number of rotatable bonds is 3. The van der Waals surface area contributed by atoms with Gasteiger partial charge in [-0.2, -0.15) is 5.26 Å². The van der Waals surface area contributed by atoms with E-state index in [1.807, 2.05) is 50.2 Å². The number of carbonyl (C=O) groups excluding carboxylic acids is 1. The summed E-state index contributed by atoms with van der Waals surface area (Å²) < 4.78 is 0. The minimum atomic E-state index is -0.271. The number of carbonyl (C=O) groups is 1. The zero-order valence-corrected chi connectivity index (χ0v) is 14.7. The van der Waals surface area contributed by atoms with Crippen molar-refractivity contribution >= 4 is 11.6 Å². The fourth-order valence-corrected chi connectivity index (χ4v) is 3.29. The number of fused-ring (bicyclic) bond motifs is 1. The van der Waals surface area contributed by atoms with Gasteiger partial charge in [-0.25, -0.2) is 0 Å². The third-order valence-electron chi connectivity index (χ3n) is 4.76. The summed E-state index contributed by atoms with van der Waals surface area (Å²) in [6.45, 7) is 4.89. The Kier molecular flexibility index (Phi) is 4.76. The number of para-hydroxylation sites is 1. The molecule has 0 bridgehead atoms. The topological polar surface area (TPSA) is 64.9 Å². The maximum Gasteiger partial charge on any atom is 0.254 e. The first-order valence-electron chi connectivity index (χ1n) is 8.91. The molecule has 0 unspecified atom stereocenters. The highest BCUT2D eigenvalue weighted by molar-refractivity contribution is 6.01. The van der Waals surface area contributed by atoms with Crippen LogP contribution in [0.1, 0.15) is 53.7 Å². The van der Waals surface area contributed by atoms with E-state index >= 15 is 0 Å². The summed E-state index contributed by atoms with van der Waals surface area (Å²) in [4.78, 5) is 12.8. The lowest BCUT2D eigenvalue weighted by atomic mass is 10.0. The Hall–Kier alpha value is -2.80. The Morgan fingerprint density at radius 1 is 1.16 bits per heavy atom. The van der Waals surface area contributed by atoms with E-state index in [0.29, 0.717) is 5.56 Å². The Morgan fingerprint density at radius 3 is 2.52 bits per heavy atom. The summed E-state index contributed by atoms with van der Waals surface area (Å²) in [6, 6.07) is 15.5. The van der Waals surface area contributed by atoms with Gasteiger partial charge in [0.25, 0.3) is 5.91 Å². The normalized spacial score (nSPS) is 15.7. The predicted octanol–water partition coefficient (Wildman–Crippen LogP) is 3.97. The van der Waals surface area contributed by atoms with Gasteiger partial charge in [-0.15, -0.1) is 0 Å². The second kappa shape index (κ2) is 6.98. The first-order chi connectivity index (χ1) is 12.2. The Labute approximate surface area is 148 Å². The van der Waals surface area contributed by atoms with Gasteiger partial charge in [0.05, 0.1) is 28.4 Å². The highest BCUT2D eigenvalue weighted by Crippen LogP contribution is 2.46. The van der Waals surface area contributed by atoms with Crippen LogP contribution in [0, 0.1) is 11.3 Å². The first-order valence-corrected chi connectivity index (χ1v) is 8.91. The van der Waals surface area contributed by atoms with Crippen molar-refractivity contribution in [1.29, 1.82) is 5.26 Å². The van der Waals surface area contributed by atoms with Crippen LogP contribution in [-0.2, 0) is 12.0 Å². The average molecular weight is 333 g/mol. The van der Waals surface area contributed by atoms with Crippen molar-refractivity contribution in [3.8, 4) is 6.07 Å². The molecule has 4 rings (SSSR count). The van der Waals surface area contributed by atoms with Crippen molar-refractivity contribution in [2.45, 2.75) is 38.6 Å². The molecule has 4 nitrogen and oxygen atoms in total. The molecule has 1 heterocycles. The number of nitriles is 1. The van der Waals surface area contributed by atoms with Crippen LogP contribution >= 0.6 is 0 Å². The van der Waals surface area contributed by atoms with Crippen molar-refractivity contribution in [1.82, 2.24) is 5.32 Å². The largest absolute Gasteiger partial charge is 0.384 e. The molecule has 2 N–H and O–H groups in total. The van der Waals surface area contributed by atoms with Gasteiger partial charge in [-0.05, 0) is 48.6 Å². The molecule has 2 aromatic rings. The summed E-state index contributed by atoms with van der Waals surface area (Å²) in [5.41, 5.74) is 4.35. The van der Waals surface area contributed by atoms with Gasteiger partial charge < -0.3 is 10.6 Å². The number of hydrogen-bond donors (Lipinski definition) is 2. The minimum Gasteiger partial charge on any atom is -0.384 e. The molecule has 1 saturated carbocycles. The van der Waals surface area contributed by atoms with E-state index in [2.05, 4.69) is 22.8 Å². The lowest BCUT2D eigenvalue weighted by Gasteiger charge is -2.19. The van der Waals surface area contributed by atoms with Crippen LogP contribution in [0.15, 0.2) is 42.5 Å². The van der Waals surface area contributed by atoms with Crippen LogP contribution < -0.4 is 10.6 Å². The lowest BCUT2D eigenvalue weighted by molar-refractivity contribution is 0.0931. The third kappa shape index (κ3) is 3.23. The predicted molar refractivity (Wildman–Crippen MR) is 99.5 cm³/mol. The van der Waals surface area contributed by atoms with E-state index in [1.54, 1.807) is 0 Å². The Morgan fingerprint density at radius 2 is 1.88 bits per heavy atom. The summed E-state index contributed by atoms with van der Waals surface area (Å²) in [7, 11) is 0. The van der Waals surface area contributed by atoms with E-state index in [4.69, 9.17) is 5.26 Å². The van der Waals surface area contributed by atoms with Crippen molar-refractivity contribution in [3.05, 3.63) is 64.7 Å². The molecule has 1 aliphatic carbocycles. The molecule has 25 heavy (non-hydrogen) atoms. The van der Waals surface area contributed by atoms with Crippen molar-refractivity contribution in [2.75, 3.05) is 11.9 Å². The molecule has 4 heteroatoms. The second-order valence-electron chi connectivity index (χ2n) is 6.24. The number of amides is 1. The van der Waals surface area contributed by atoms with Crippen molar-refractivity contribution in [3.63, 3.8) is 0 Å². The molecule has 0 saturated heterocycles. The summed E-state index contributed by atoms with van der Waals surface area (Å²) in [6.07, 6.45) is 2.84. The monoisotopic (exact) mass is 333 g/mol. The lowest BCUT2D eigenvalue weighted by Crippen LogP contribution is -2.35. The molecule has 1 fully saturated rings.